The maximum Gasteiger partial charge on any atom is 0.262 e. The summed E-state index contributed by atoms with van der Waals surface area (Å²) in [5.74, 6) is 0.141. The van der Waals surface area contributed by atoms with Crippen molar-refractivity contribution in [2.75, 3.05) is 38.7 Å². The molecule has 22 heavy (non-hydrogen) atoms. The molecule has 0 aliphatic carbocycles. The van der Waals surface area contributed by atoms with Gasteiger partial charge < -0.3 is 20.1 Å². The van der Waals surface area contributed by atoms with E-state index in [-0.39, 0.29) is 29.7 Å². The summed E-state index contributed by atoms with van der Waals surface area (Å²) in [5.41, 5.74) is 0.389. The van der Waals surface area contributed by atoms with Gasteiger partial charge in [0.15, 0.2) is 6.61 Å². The third-order valence-corrected chi connectivity index (χ3v) is 4.51. The minimum Gasteiger partial charge on any atom is -0.495 e. The van der Waals surface area contributed by atoms with Gasteiger partial charge in [-0.15, -0.1) is 0 Å². The Morgan fingerprint density at radius 2 is 2.14 bits per heavy atom. The third kappa shape index (κ3) is 3.67. The second-order valence-electron chi connectivity index (χ2n) is 4.59. The van der Waals surface area contributed by atoms with Crippen LogP contribution >= 0.6 is 0 Å². The summed E-state index contributed by atoms with van der Waals surface area (Å²) in [4.78, 5) is 11.3. The third-order valence-electron chi connectivity index (χ3n) is 3.03. The van der Waals surface area contributed by atoms with Crippen molar-refractivity contribution in [3.05, 3.63) is 12.1 Å². The Labute approximate surface area is 129 Å². The largest absolute Gasteiger partial charge is 0.495 e. The maximum atomic E-state index is 12.4. The standard InChI is InChI=1S/C13H19N3O5S/c1-3-14-4-5-15-22(18,19)12-7-10-9(6-11(12)20-2)16-13(17)8-21-10/h6-7,14-15H,3-5,8H2,1-2H3,(H,16,17). The second kappa shape index (κ2) is 6.95. The molecule has 1 aliphatic heterocycles. The van der Waals surface area contributed by atoms with E-state index in [2.05, 4.69) is 15.4 Å². The van der Waals surface area contributed by atoms with Gasteiger partial charge in [0.25, 0.3) is 5.91 Å². The van der Waals surface area contributed by atoms with E-state index in [4.69, 9.17) is 9.47 Å². The fourth-order valence-electron chi connectivity index (χ4n) is 1.99. The second-order valence-corrected chi connectivity index (χ2v) is 6.32. The number of anilines is 1. The zero-order chi connectivity index (χ0) is 16.2. The monoisotopic (exact) mass is 329 g/mol. The van der Waals surface area contributed by atoms with Crippen LogP contribution < -0.4 is 24.8 Å². The number of likely N-dealkylation sites (N-methyl/N-ethyl adjacent to an activating group) is 1. The van der Waals surface area contributed by atoms with Crippen LogP contribution in [-0.4, -0.2) is 47.7 Å². The zero-order valence-corrected chi connectivity index (χ0v) is 13.2. The van der Waals surface area contributed by atoms with Gasteiger partial charge in [0.2, 0.25) is 10.0 Å². The number of carbonyl (C=O) groups excluding carboxylic acids is 1. The fourth-order valence-corrected chi connectivity index (χ4v) is 3.18. The zero-order valence-electron chi connectivity index (χ0n) is 12.4. The first-order chi connectivity index (χ1) is 10.5. The summed E-state index contributed by atoms with van der Waals surface area (Å²) in [7, 11) is -2.37. The minimum atomic E-state index is -3.74. The van der Waals surface area contributed by atoms with Gasteiger partial charge in [-0.2, -0.15) is 0 Å². The lowest BCUT2D eigenvalue weighted by Gasteiger charge is -2.20. The molecule has 0 bridgehead atoms. The van der Waals surface area contributed by atoms with Crippen LogP contribution in [-0.2, 0) is 14.8 Å². The molecule has 0 aromatic heterocycles. The summed E-state index contributed by atoms with van der Waals surface area (Å²) in [6.07, 6.45) is 0. The van der Waals surface area contributed by atoms with E-state index in [0.717, 1.165) is 6.54 Å². The van der Waals surface area contributed by atoms with E-state index >= 15 is 0 Å². The molecule has 0 saturated heterocycles. The van der Waals surface area contributed by atoms with Gasteiger partial charge in [-0.05, 0) is 6.54 Å². The molecule has 0 fully saturated rings. The van der Waals surface area contributed by atoms with Crippen LogP contribution in [0.1, 0.15) is 6.92 Å². The summed E-state index contributed by atoms with van der Waals surface area (Å²) in [6.45, 7) is 3.33. The summed E-state index contributed by atoms with van der Waals surface area (Å²) < 4.78 is 37.6. The van der Waals surface area contributed by atoms with Crippen molar-refractivity contribution in [1.29, 1.82) is 0 Å². The molecule has 1 aliphatic rings. The Hall–Kier alpha value is -1.84. The molecule has 8 nitrogen and oxygen atoms in total. The topological polar surface area (TPSA) is 106 Å². The van der Waals surface area contributed by atoms with Crippen LogP contribution in [0.25, 0.3) is 0 Å². The summed E-state index contributed by atoms with van der Waals surface area (Å²) >= 11 is 0. The number of rotatable bonds is 7. The Balaban J connectivity index is 2.27. The van der Waals surface area contributed by atoms with Crippen molar-refractivity contribution in [3.8, 4) is 11.5 Å². The average Bonchev–Trinajstić information content (AvgIpc) is 2.50. The van der Waals surface area contributed by atoms with Crippen molar-refractivity contribution < 1.29 is 22.7 Å². The molecular weight excluding hydrogens is 310 g/mol. The lowest BCUT2D eigenvalue weighted by molar-refractivity contribution is -0.118. The smallest absolute Gasteiger partial charge is 0.262 e. The van der Waals surface area contributed by atoms with E-state index in [0.29, 0.717) is 18.0 Å². The Bertz CT molecular complexity index is 660. The normalized spacial score (nSPS) is 14.0. The number of sulfonamides is 1. The number of carbonyl (C=O) groups is 1. The highest BCUT2D eigenvalue weighted by Gasteiger charge is 2.25. The lowest BCUT2D eigenvalue weighted by Crippen LogP contribution is -2.32. The summed E-state index contributed by atoms with van der Waals surface area (Å²) in [6, 6.07) is 2.79. The molecule has 1 heterocycles. The fraction of sp³-hybridized carbons (Fsp3) is 0.462. The number of hydrogen-bond acceptors (Lipinski definition) is 6. The highest BCUT2D eigenvalue weighted by atomic mass is 32.2. The van der Waals surface area contributed by atoms with E-state index in [1.165, 1.54) is 19.2 Å². The SMILES string of the molecule is CCNCCNS(=O)(=O)c1cc2c(cc1OC)NC(=O)CO2. The van der Waals surface area contributed by atoms with E-state index in [1.54, 1.807) is 0 Å². The average molecular weight is 329 g/mol. The van der Waals surface area contributed by atoms with Crippen molar-refractivity contribution in [2.24, 2.45) is 0 Å². The van der Waals surface area contributed by atoms with E-state index in [1.807, 2.05) is 6.92 Å². The van der Waals surface area contributed by atoms with Gasteiger partial charge in [0.1, 0.15) is 16.4 Å². The van der Waals surface area contributed by atoms with Crippen LogP contribution in [0.15, 0.2) is 17.0 Å². The molecule has 1 aromatic rings. The lowest BCUT2D eigenvalue weighted by atomic mass is 10.2. The van der Waals surface area contributed by atoms with Crippen LogP contribution in [0, 0.1) is 0 Å². The van der Waals surface area contributed by atoms with Crippen LogP contribution in [0.4, 0.5) is 5.69 Å². The van der Waals surface area contributed by atoms with Gasteiger partial charge in [0, 0.05) is 25.2 Å². The minimum absolute atomic E-state index is 0.0265. The molecule has 0 spiro atoms. The molecule has 3 N–H and O–H groups in total. The van der Waals surface area contributed by atoms with Crippen LogP contribution in [0.3, 0.4) is 0 Å². The van der Waals surface area contributed by atoms with Crippen molar-refractivity contribution in [2.45, 2.75) is 11.8 Å². The van der Waals surface area contributed by atoms with Gasteiger partial charge in [-0.25, -0.2) is 13.1 Å². The van der Waals surface area contributed by atoms with Crippen molar-refractivity contribution in [3.63, 3.8) is 0 Å². The molecule has 0 saturated carbocycles. The van der Waals surface area contributed by atoms with Gasteiger partial charge >= 0.3 is 0 Å². The molecule has 1 amide bonds. The number of fused-ring (bicyclic) bond motifs is 1. The number of benzene rings is 1. The Morgan fingerprint density at radius 3 is 2.82 bits per heavy atom. The Morgan fingerprint density at radius 1 is 1.36 bits per heavy atom. The first kappa shape index (κ1) is 16.5. The number of nitrogens with one attached hydrogen (secondary N) is 3. The molecule has 1 aromatic carbocycles. The maximum absolute atomic E-state index is 12.4. The highest BCUT2D eigenvalue weighted by Crippen LogP contribution is 2.36. The first-order valence-electron chi connectivity index (χ1n) is 6.83. The van der Waals surface area contributed by atoms with Gasteiger partial charge in [0.05, 0.1) is 12.8 Å². The Kier molecular flexibility index (Phi) is 5.22. The molecule has 0 atom stereocenters. The molecular formula is C13H19N3O5S. The molecule has 0 radical (unpaired) electrons. The molecule has 9 heteroatoms. The predicted octanol–water partition coefficient (Wildman–Crippen LogP) is -0.0861. The number of amides is 1. The molecule has 122 valence electrons. The number of ether oxygens (including phenoxy) is 2. The van der Waals surface area contributed by atoms with E-state index in [9.17, 15) is 13.2 Å². The molecule has 0 unspecified atom stereocenters. The van der Waals surface area contributed by atoms with Crippen molar-refractivity contribution >= 4 is 21.6 Å². The van der Waals surface area contributed by atoms with Gasteiger partial charge in [-0.3, -0.25) is 4.79 Å². The highest BCUT2D eigenvalue weighted by molar-refractivity contribution is 7.89. The predicted molar refractivity (Wildman–Crippen MR) is 80.9 cm³/mol. The van der Waals surface area contributed by atoms with Crippen LogP contribution in [0.5, 0.6) is 11.5 Å². The first-order valence-corrected chi connectivity index (χ1v) is 8.31. The molecule has 2 rings (SSSR count). The quantitative estimate of drug-likeness (QED) is 0.604. The summed E-state index contributed by atoms with van der Waals surface area (Å²) in [5, 5.41) is 5.63. The van der Waals surface area contributed by atoms with Crippen molar-refractivity contribution in [1.82, 2.24) is 10.0 Å². The van der Waals surface area contributed by atoms with Crippen LogP contribution in [0.2, 0.25) is 0 Å². The van der Waals surface area contributed by atoms with Gasteiger partial charge in [-0.1, -0.05) is 6.92 Å². The number of methoxy groups -OCH3 is 1. The number of hydrogen-bond donors (Lipinski definition) is 3. The van der Waals surface area contributed by atoms with E-state index < -0.39 is 10.0 Å².